The molecule has 0 radical (unpaired) electrons. The van der Waals surface area contributed by atoms with Crippen LogP contribution < -0.4 is 11.1 Å². The Labute approximate surface area is 89.6 Å². The first-order valence-electron chi connectivity index (χ1n) is 5.95. The summed E-state index contributed by atoms with van der Waals surface area (Å²) in [7, 11) is 0. The van der Waals surface area contributed by atoms with Gasteiger partial charge in [0, 0.05) is 12.6 Å². The molecular formula is C12H28N2. The van der Waals surface area contributed by atoms with Gasteiger partial charge < -0.3 is 11.1 Å². The minimum Gasteiger partial charge on any atom is -0.326 e. The van der Waals surface area contributed by atoms with Crippen molar-refractivity contribution in [3.8, 4) is 0 Å². The predicted octanol–water partition coefficient (Wildman–Crippen LogP) is 2.24. The van der Waals surface area contributed by atoms with E-state index < -0.39 is 0 Å². The Morgan fingerprint density at radius 2 is 1.57 bits per heavy atom. The second-order valence-electron chi connectivity index (χ2n) is 4.93. The number of nitrogens with one attached hydrogen (secondary N) is 1. The van der Waals surface area contributed by atoms with Crippen LogP contribution in [0, 0.1) is 17.8 Å². The highest BCUT2D eigenvalue weighted by molar-refractivity contribution is 4.71. The van der Waals surface area contributed by atoms with Crippen LogP contribution in [0.1, 0.15) is 41.0 Å². The Balaban J connectivity index is 3.53. The van der Waals surface area contributed by atoms with E-state index in [1.54, 1.807) is 0 Å². The molecule has 0 heterocycles. The Morgan fingerprint density at radius 1 is 1.00 bits per heavy atom. The highest BCUT2D eigenvalue weighted by Crippen LogP contribution is 2.08. The molecule has 86 valence electrons. The molecule has 0 spiro atoms. The maximum Gasteiger partial charge on any atom is 0.0191 e. The summed E-state index contributed by atoms with van der Waals surface area (Å²) in [6, 6.07) is 0.305. The van der Waals surface area contributed by atoms with E-state index in [1.165, 1.54) is 6.42 Å². The summed E-state index contributed by atoms with van der Waals surface area (Å²) in [5.74, 6) is 2.11. The second kappa shape index (κ2) is 7.24. The molecule has 14 heavy (non-hydrogen) atoms. The summed E-state index contributed by atoms with van der Waals surface area (Å²) in [6.45, 7) is 13.3. The van der Waals surface area contributed by atoms with E-state index in [0.29, 0.717) is 12.0 Å². The van der Waals surface area contributed by atoms with Crippen LogP contribution in [0.3, 0.4) is 0 Å². The highest BCUT2D eigenvalue weighted by atomic mass is 14.9. The van der Waals surface area contributed by atoms with Crippen molar-refractivity contribution >= 4 is 0 Å². The van der Waals surface area contributed by atoms with Crippen LogP contribution in [0.5, 0.6) is 0 Å². The van der Waals surface area contributed by atoms with Crippen LogP contribution in [0.15, 0.2) is 0 Å². The van der Waals surface area contributed by atoms with Crippen molar-refractivity contribution in [1.82, 2.24) is 5.32 Å². The Hall–Kier alpha value is -0.0800. The minimum absolute atomic E-state index is 0.305. The molecular weight excluding hydrogens is 172 g/mol. The van der Waals surface area contributed by atoms with Crippen molar-refractivity contribution in [2.24, 2.45) is 23.5 Å². The molecule has 0 fully saturated rings. The molecule has 3 unspecified atom stereocenters. The first-order valence-corrected chi connectivity index (χ1v) is 5.95. The van der Waals surface area contributed by atoms with Gasteiger partial charge in [-0.15, -0.1) is 0 Å². The molecule has 0 aromatic rings. The van der Waals surface area contributed by atoms with E-state index in [-0.39, 0.29) is 0 Å². The zero-order valence-corrected chi connectivity index (χ0v) is 10.5. The fourth-order valence-corrected chi connectivity index (χ4v) is 1.22. The Kier molecular flexibility index (Phi) is 7.20. The Morgan fingerprint density at radius 3 is 2.00 bits per heavy atom. The van der Waals surface area contributed by atoms with Crippen molar-refractivity contribution < 1.29 is 0 Å². The van der Waals surface area contributed by atoms with Gasteiger partial charge in [-0.1, -0.05) is 41.0 Å². The normalized spacial score (nSPS) is 18.2. The molecule has 2 nitrogen and oxygen atoms in total. The maximum absolute atomic E-state index is 6.03. The third-order valence-corrected chi connectivity index (χ3v) is 3.36. The van der Waals surface area contributed by atoms with Crippen LogP contribution in [0.4, 0.5) is 0 Å². The van der Waals surface area contributed by atoms with Crippen molar-refractivity contribution in [3.63, 3.8) is 0 Å². The van der Waals surface area contributed by atoms with Crippen LogP contribution in [0.2, 0.25) is 0 Å². The Bertz CT molecular complexity index is 134. The molecule has 0 saturated carbocycles. The van der Waals surface area contributed by atoms with Crippen LogP contribution in [-0.2, 0) is 0 Å². The van der Waals surface area contributed by atoms with Gasteiger partial charge in [0.05, 0.1) is 0 Å². The lowest BCUT2D eigenvalue weighted by molar-refractivity contribution is 0.363. The third-order valence-electron chi connectivity index (χ3n) is 3.36. The zero-order chi connectivity index (χ0) is 11.1. The van der Waals surface area contributed by atoms with Gasteiger partial charge in [0.25, 0.3) is 0 Å². The molecule has 0 saturated heterocycles. The van der Waals surface area contributed by atoms with Gasteiger partial charge in [0.1, 0.15) is 0 Å². The SMILES string of the molecule is CCC(C)C(N)CNCC(C)C(C)C. The lowest BCUT2D eigenvalue weighted by Crippen LogP contribution is -2.40. The first-order chi connectivity index (χ1) is 6.49. The molecule has 2 heteroatoms. The van der Waals surface area contributed by atoms with Crippen LogP contribution in [0.25, 0.3) is 0 Å². The maximum atomic E-state index is 6.03. The fraction of sp³-hybridized carbons (Fsp3) is 1.00. The van der Waals surface area contributed by atoms with Crippen molar-refractivity contribution in [1.29, 1.82) is 0 Å². The number of hydrogen-bond donors (Lipinski definition) is 2. The predicted molar refractivity (Wildman–Crippen MR) is 64.3 cm³/mol. The van der Waals surface area contributed by atoms with Gasteiger partial charge in [-0.3, -0.25) is 0 Å². The number of rotatable bonds is 7. The van der Waals surface area contributed by atoms with Crippen molar-refractivity contribution in [2.45, 2.75) is 47.1 Å². The summed E-state index contributed by atoms with van der Waals surface area (Å²) < 4.78 is 0. The lowest BCUT2D eigenvalue weighted by Gasteiger charge is -2.21. The van der Waals surface area contributed by atoms with Crippen molar-refractivity contribution in [2.75, 3.05) is 13.1 Å². The largest absolute Gasteiger partial charge is 0.326 e. The standard InChI is InChI=1S/C12H28N2/c1-6-10(4)12(13)8-14-7-11(5)9(2)3/h9-12,14H,6-8,13H2,1-5H3. The average molecular weight is 200 g/mol. The van der Waals surface area contributed by atoms with Gasteiger partial charge >= 0.3 is 0 Å². The second-order valence-corrected chi connectivity index (χ2v) is 4.93. The van der Waals surface area contributed by atoms with E-state index in [4.69, 9.17) is 5.73 Å². The highest BCUT2D eigenvalue weighted by Gasteiger charge is 2.11. The van der Waals surface area contributed by atoms with E-state index >= 15 is 0 Å². The monoisotopic (exact) mass is 200 g/mol. The molecule has 0 rings (SSSR count). The third kappa shape index (κ3) is 5.61. The summed E-state index contributed by atoms with van der Waals surface area (Å²) in [5, 5.41) is 3.46. The number of hydrogen-bond acceptors (Lipinski definition) is 2. The fourth-order valence-electron chi connectivity index (χ4n) is 1.22. The summed E-state index contributed by atoms with van der Waals surface area (Å²) in [4.78, 5) is 0. The molecule has 0 aliphatic rings. The van der Waals surface area contributed by atoms with Crippen molar-refractivity contribution in [3.05, 3.63) is 0 Å². The van der Waals surface area contributed by atoms with Gasteiger partial charge in [-0.05, 0) is 24.3 Å². The molecule has 3 N–H and O–H groups in total. The molecule has 0 aliphatic carbocycles. The first kappa shape index (κ1) is 13.9. The van der Waals surface area contributed by atoms with Crippen LogP contribution >= 0.6 is 0 Å². The molecule has 0 aromatic heterocycles. The number of nitrogens with two attached hydrogens (primary N) is 1. The van der Waals surface area contributed by atoms with E-state index in [1.807, 2.05) is 0 Å². The molecule has 3 atom stereocenters. The quantitative estimate of drug-likeness (QED) is 0.661. The van der Waals surface area contributed by atoms with Gasteiger partial charge in [-0.2, -0.15) is 0 Å². The molecule has 0 aromatic carbocycles. The average Bonchev–Trinajstić information content (AvgIpc) is 2.15. The lowest BCUT2D eigenvalue weighted by atomic mass is 9.97. The molecule has 0 aliphatic heterocycles. The zero-order valence-electron chi connectivity index (χ0n) is 10.5. The van der Waals surface area contributed by atoms with E-state index in [9.17, 15) is 0 Å². The summed E-state index contributed by atoms with van der Waals surface area (Å²) in [6.07, 6.45) is 1.17. The van der Waals surface area contributed by atoms with Gasteiger partial charge in [-0.25, -0.2) is 0 Å². The van der Waals surface area contributed by atoms with Crippen LogP contribution in [-0.4, -0.2) is 19.1 Å². The van der Waals surface area contributed by atoms with Gasteiger partial charge in [0.15, 0.2) is 0 Å². The van der Waals surface area contributed by atoms with E-state index in [2.05, 4.69) is 39.9 Å². The molecule has 0 bridgehead atoms. The summed E-state index contributed by atoms with van der Waals surface area (Å²) in [5.41, 5.74) is 6.03. The summed E-state index contributed by atoms with van der Waals surface area (Å²) >= 11 is 0. The van der Waals surface area contributed by atoms with E-state index in [0.717, 1.165) is 24.9 Å². The minimum atomic E-state index is 0.305. The molecule has 0 amide bonds. The topological polar surface area (TPSA) is 38.0 Å². The van der Waals surface area contributed by atoms with Gasteiger partial charge in [0.2, 0.25) is 0 Å². The smallest absolute Gasteiger partial charge is 0.0191 e.